The van der Waals surface area contributed by atoms with Crippen molar-refractivity contribution in [1.82, 2.24) is 0 Å². The first-order valence-electron chi connectivity index (χ1n) is 5.19. The van der Waals surface area contributed by atoms with Crippen LogP contribution < -0.4 is 4.74 Å². The number of hydrogen-bond donors (Lipinski definition) is 2. The average Bonchev–Trinajstić information content (AvgIpc) is 2.38. The maximum atomic E-state index is 11.5. The molecule has 0 heterocycles. The highest BCUT2D eigenvalue weighted by Gasteiger charge is 2.18. The van der Waals surface area contributed by atoms with E-state index in [4.69, 9.17) is 4.74 Å². The van der Waals surface area contributed by atoms with Gasteiger partial charge < -0.3 is 19.7 Å². The van der Waals surface area contributed by atoms with Crippen molar-refractivity contribution in [2.24, 2.45) is 0 Å². The third kappa shape index (κ3) is 1.79. The van der Waals surface area contributed by atoms with Gasteiger partial charge in [0.2, 0.25) is 0 Å². The molecule has 0 radical (unpaired) electrons. The number of benzene rings is 2. The van der Waals surface area contributed by atoms with Crippen LogP contribution in [-0.2, 0) is 4.74 Å². The van der Waals surface area contributed by atoms with Gasteiger partial charge in [-0.15, -0.1) is 0 Å². The predicted molar refractivity (Wildman–Crippen MR) is 65.2 cm³/mol. The summed E-state index contributed by atoms with van der Waals surface area (Å²) in [7, 11) is 2.67. The smallest absolute Gasteiger partial charge is 0.341 e. The number of methoxy groups -OCH3 is 2. The SMILES string of the molecule is COC(=O)c1cc(OC)c2cc(O)ccc2c1O. The lowest BCUT2D eigenvalue weighted by Gasteiger charge is -2.11. The standard InChI is InChI=1S/C13H12O5/c1-17-11-6-10(13(16)18-2)12(15)8-4-3-7(14)5-9(8)11/h3-6,14-15H,1-2H3. The van der Waals surface area contributed by atoms with Crippen molar-refractivity contribution < 1.29 is 24.5 Å². The van der Waals surface area contributed by atoms with Crippen molar-refractivity contribution in [1.29, 1.82) is 0 Å². The number of phenolic OH excluding ortho intramolecular Hbond substituents is 2. The fourth-order valence-electron chi connectivity index (χ4n) is 1.80. The van der Waals surface area contributed by atoms with Crippen molar-refractivity contribution in [3.8, 4) is 17.2 Å². The van der Waals surface area contributed by atoms with Crippen molar-refractivity contribution in [3.05, 3.63) is 29.8 Å². The van der Waals surface area contributed by atoms with E-state index < -0.39 is 5.97 Å². The Morgan fingerprint density at radius 2 is 1.83 bits per heavy atom. The number of ether oxygens (including phenoxy) is 2. The van der Waals surface area contributed by atoms with Gasteiger partial charge in [0.25, 0.3) is 0 Å². The fourth-order valence-corrected chi connectivity index (χ4v) is 1.80. The van der Waals surface area contributed by atoms with Gasteiger partial charge in [0.05, 0.1) is 14.2 Å². The van der Waals surface area contributed by atoms with E-state index in [0.717, 1.165) is 0 Å². The zero-order valence-corrected chi connectivity index (χ0v) is 9.93. The molecule has 0 aliphatic rings. The molecular formula is C13H12O5. The molecule has 0 atom stereocenters. The van der Waals surface area contributed by atoms with Gasteiger partial charge in [-0.2, -0.15) is 0 Å². The monoisotopic (exact) mass is 248 g/mol. The first-order chi connectivity index (χ1) is 8.58. The fraction of sp³-hybridized carbons (Fsp3) is 0.154. The molecule has 5 nitrogen and oxygen atoms in total. The quantitative estimate of drug-likeness (QED) is 0.795. The van der Waals surface area contributed by atoms with Crippen LogP contribution in [0.3, 0.4) is 0 Å². The number of hydrogen-bond acceptors (Lipinski definition) is 5. The largest absolute Gasteiger partial charge is 0.508 e. The number of rotatable bonds is 2. The molecule has 0 aliphatic carbocycles. The highest BCUT2D eigenvalue weighted by atomic mass is 16.5. The van der Waals surface area contributed by atoms with Gasteiger partial charge in [-0.25, -0.2) is 4.79 Å². The summed E-state index contributed by atoms with van der Waals surface area (Å²) in [5.74, 6) is -0.427. The number of carbonyl (C=O) groups excluding carboxylic acids is 1. The van der Waals surface area contributed by atoms with Gasteiger partial charge >= 0.3 is 5.97 Å². The molecule has 2 aromatic carbocycles. The number of carbonyl (C=O) groups is 1. The van der Waals surface area contributed by atoms with Gasteiger partial charge in [0, 0.05) is 10.8 Å². The molecule has 0 aromatic heterocycles. The summed E-state index contributed by atoms with van der Waals surface area (Å²) in [5.41, 5.74) is 0.0209. The topological polar surface area (TPSA) is 76.0 Å². The maximum absolute atomic E-state index is 11.5. The lowest BCUT2D eigenvalue weighted by molar-refractivity contribution is 0.0597. The summed E-state index contributed by atoms with van der Waals surface area (Å²) in [5, 5.41) is 20.4. The van der Waals surface area contributed by atoms with E-state index in [-0.39, 0.29) is 17.1 Å². The highest BCUT2D eigenvalue weighted by molar-refractivity contribution is 6.04. The van der Waals surface area contributed by atoms with E-state index in [9.17, 15) is 15.0 Å². The number of aromatic hydroxyl groups is 2. The number of fused-ring (bicyclic) bond motifs is 1. The van der Waals surface area contributed by atoms with Crippen molar-refractivity contribution >= 4 is 16.7 Å². The van der Waals surface area contributed by atoms with Crippen molar-refractivity contribution in [2.45, 2.75) is 0 Å². The van der Waals surface area contributed by atoms with E-state index in [0.29, 0.717) is 16.5 Å². The number of esters is 1. The molecule has 5 heteroatoms. The molecule has 18 heavy (non-hydrogen) atoms. The molecule has 2 aromatic rings. The predicted octanol–water partition coefficient (Wildman–Crippen LogP) is 2.05. The van der Waals surface area contributed by atoms with Crippen molar-refractivity contribution in [3.63, 3.8) is 0 Å². The zero-order valence-electron chi connectivity index (χ0n) is 9.93. The summed E-state index contributed by atoms with van der Waals surface area (Å²) >= 11 is 0. The minimum Gasteiger partial charge on any atom is -0.508 e. The number of phenols is 2. The Morgan fingerprint density at radius 1 is 1.11 bits per heavy atom. The molecule has 0 aliphatic heterocycles. The lowest BCUT2D eigenvalue weighted by atomic mass is 10.0. The second kappa shape index (κ2) is 4.44. The zero-order chi connectivity index (χ0) is 13.3. The van der Waals surface area contributed by atoms with E-state index in [1.807, 2.05) is 0 Å². The third-order valence-electron chi connectivity index (χ3n) is 2.68. The summed E-state index contributed by atoms with van der Waals surface area (Å²) in [6, 6.07) is 5.76. The van der Waals surface area contributed by atoms with Crippen LogP contribution in [0.15, 0.2) is 24.3 Å². The molecule has 2 N–H and O–H groups in total. The Hall–Kier alpha value is -2.43. The molecule has 0 bridgehead atoms. The van der Waals surface area contributed by atoms with Gasteiger partial charge in [0.1, 0.15) is 22.8 Å². The van der Waals surface area contributed by atoms with Crippen LogP contribution in [0, 0.1) is 0 Å². The lowest BCUT2D eigenvalue weighted by Crippen LogP contribution is -2.02. The molecule has 94 valence electrons. The van der Waals surface area contributed by atoms with Crippen LogP contribution in [0.4, 0.5) is 0 Å². The van der Waals surface area contributed by atoms with E-state index in [1.165, 1.54) is 38.5 Å². The highest BCUT2D eigenvalue weighted by Crippen LogP contribution is 2.37. The summed E-state index contributed by atoms with van der Waals surface area (Å²) < 4.78 is 9.73. The van der Waals surface area contributed by atoms with E-state index in [1.54, 1.807) is 0 Å². The van der Waals surface area contributed by atoms with Crippen LogP contribution in [0.25, 0.3) is 10.8 Å². The first-order valence-corrected chi connectivity index (χ1v) is 5.19. The van der Waals surface area contributed by atoms with Gasteiger partial charge in [-0.05, 0) is 24.3 Å². The van der Waals surface area contributed by atoms with Gasteiger partial charge in [0.15, 0.2) is 0 Å². The van der Waals surface area contributed by atoms with Crippen LogP contribution in [0.2, 0.25) is 0 Å². The molecule has 0 unspecified atom stereocenters. The molecular weight excluding hydrogens is 236 g/mol. The van der Waals surface area contributed by atoms with Crippen LogP contribution in [0.1, 0.15) is 10.4 Å². The molecule has 0 fully saturated rings. The second-order valence-electron chi connectivity index (χ2n) is 3.70. The van der Waals surface area contributed by atoms with Crippen LogP contribution in [-0.4, -0.2) is 30.4 Å². The molecule has 0 saturated carbocycles. The Balaban J connectivity index is 2.82. The van der Waals surface area contributed by atoms with Crippen molar-refractivity contribution in [2.75, 3.05) is 14.2 Å². The Bertz CT molecular complexity index is 618. The van der Waals surface area contributed by atoms with Gasteiger partial charge in [-0.1, -0.05) is 0 Å². The summed E-state index contributed by atoms with van der Waals surface area (Å²) in [6.07, 6.45) is 0. The molecule has 0 amide bonds. The Morgan fingerprint density at radius 3 is 2.44 bits per heavy atom. The second-order valence-corrected chi connectivity index (χ2v) is 3.70. The average molecular weight is 248 g/mol. The van der Waals surface area contributed by atoms with E-state index >= 15 is 0 Å². The minimum absolute atomic E-state index is 0.0209. The van der Waals surface area contributed by atoms with Gasteiger partial charge in [-0.3, -0.25) is 0 Å². The molecule has 0 saturated heterocycles. The normalized spacial score (nSPS) is 10.3. The summed E-state index contributed by atoms with van der Waals surface area (Å²) in [6.45, 7) is 0. The van der Waals surface area contributed by atoms with Crippen LogP contribution >= 0.6 is 0 Å². The maximum Gasteiger partial charge on any atom is 0.341 e. The molecule has 2 rings (SSSR count). The third-order valence-corrected chi connectivity index (χ3v) is 2.68. The Kier molecular flexibility index (Phi) is 2.97. The van der Waals surface area contributed by atoms with Crippen LogP contribution in [0.5, 0.6) is 17.2 Å². The molecule has 0 spiro atoms. The minimum atomic E-state index is -0.652. The summed E-state index contributed by atoms with van der Waals surface area (Å²) in [4.78, 5) is 11.5. The van der Waals surface area contributed by atoms with E-state index in [2.05, 4.69) is 4.74 Å². The Labute approximate surface area is 103 Å². The first kappa shape index (κ1) is 12.0.